The van der Waals surface area contributed by atoms with Gasteiger partial charge in [-0.15, -0.1) is 0 Å². The third-order valence-electron chi connectivity index (χ3n) is 4.99. The fourth-order valence-electron chi connectivity index (χ4n) is 3.53. The number of aryl methyl sites for hydroxylation is 1. The molecular weight excluding hydrogens is 426 g/mol. The second kappa shape index (κ2) is 7.45. The van der Waals surface area contributed by atoms with Crippen LogP contribution in [-0.2, 0) is 21.3 Å². The van der Waals surface area contributed by atoms with Crippen LogP contribution in [0.2, 0.25) is 0 Å². The molecule has 0 heterocycles. The smallest absolute Gasteiger partial charge is 0.295 e. The Bertz CT molecular complexity index is 1400. The van der Waals surface area contributed by atoms with Crippen LogP contribution in [0.5, 0.6) is 5.75 Å². The fourth-order valence-corrected chi connectivity index (χ4v) is 4.24. The molecule has 31 heavy (non-hydrogen) atoms. The summed E-state index contributed by atoms with van der Waals surface area (Å²) >= 11 is 0. The lowest BCUT2D eigenvalue weighted by atomic mass is 9.89. The van der Waals surface area contributed by atoms with E-state index < -0.39 is 31.4 Å². The number of non-ortho nitro benzene ring substituents is 1. The van der Waals surface area contributed by atoms with Gasteiger partial charge in [-0.25, -0.2) is 0 Å². The number of carbonyl (C=O) groups is 1. The maximum absolute atomic E-state index is 12.4. The first-order valence-corrected chi connectivity index (χ1v) is 10.5. The predicted octanol–water partition coefficient (Wildman–Crippen LogP) is 3.03. The molecule has 0 atom stereocenters. The second-order valence-corrected chi connectivity index (χ2v) is 8.27. The van der Waals surface area contributed by atoms with Crippen molar-refractivity contribution in [2.45, 2.75) is 17.7 Å². The van der Waals surface area contributed by atoms with Crippen molar-refractivity contribution >= 4 is 43.8 Å². The number of fused-ring (bicyclic) bond motifs is 2. The van der Waals surface area contributed by atoms with E-state index in [0.29, 0.717) is 12.0 Å². The van der Waals surface area contributed by atoms with Crippen LogP contribution in [0.3, 0.4) is 0 Å². The summed E-state index contributed by atoms with van der Waals surface area (Å²) in [4.78, 5) is 22.1. The zero-order valence-electron chi connectivity index (χ0n) is 15.8. The van der Waals surface area contributed by atoms with Crippen molar-refractivity contribution in [3.8, 4) is 5.75 Å². The van der Waals surface area contributed by atoms with Gasteiger partial charge in [0.1, 0.15) is 22.0 Å². The van der Waals surface area contributed by atoms with Crippen molar-refractivity contribution in [1.82, 2.24) is 0 Å². The van der Waals surface area contributed by atoms with Gasteiger partial charge in [0.15, 0.2) is 5.78 Å². The SMILES string of the molecule is O=C1CCc2ccccc2C1=NNc1c(O)cc(S(=O)(=O)O)c2cc([N+](=O)[O-])ccc12. The quantitative estimate of drug-likeness (QED) is 0.241. The number of hydrogen-bond donors (Lipinski definition) is 3. The fraction of sp³-hybridized carbons (Fsp3) is 0.100. The van der Waals surface area contributed by atoms with E-state index in [1.807, 2.05) is 12.1 Å². The van der Waals surface area contributed by atoms with Crippen LogP contribution in [0.4, 0.5) is 11.4 Å². The van der Waals surface area contributed by atoms with Gasteiger partial charge < -0.3 is 5.11 Å². The maximum atomic E-state index is 12.4. The number of hydrazone groups is 1. The molecule has 0 aliphatic heterocycles. The molecular formula is C20H15N3O7S. The van der Waals surface area contributed by atoms with Crippen LogP contribution in [0.25, 0.3) is 10.8 Å². The van der Waals surface area contributed by atoms with Crippen molar-refractivity contribution in [3.05, 3.63) is 69.8 Å². The standard InChI is InChI=1S/C20H15N3O7S/c24-16-8-5-11-3-1-2-4-13(11)19(16)21-22-20-14-7-6-12(23(26)27)9-15(14)18(10-17(20)25)31(28,29)30/h1-4,6-7,9-10,22,25H,5,8H2,(H,28,29,30). The number of nitrogens with zero attached hydrogens (tertiary/aromatic N) is 2. The van der Waals surface area contributed by atoms with E-state index in [1.165, 1.54) is 6.07 Å². The molecule has 3 aromatic carbocycles. The van der Waals surface area contributed by atoms with Gasteiger partial charge in [-0.2, -0.15) is 13.5 Å². The van der Waals surface area contributed by atoms with Gasteiger partial charge in [-0.3, -0.25) is 24.9 Å². The van der Waals surface area contributed by atoms with Gasteiger partial charge in [0.25, 0.3) is 15.8 Å². The Morgan fingerprint density at radius 2 is 1.81 bits per heavy atom. The number of phenolic OH excluding ortho intramolecular Hbond substituents is 1. The summed E-state index contributed by atoms with van der Waals surface area (Å²) in [7, 11) is -4.80. The van der Waals surface area contributed by atoms with Gasteiger partial charge in [0.2, 0.25) is 0 Å². The number of anilines is 1. The minimum absolute atomic E-state index is 0.0547. The lowest BCUT2D eigenvalue weighted by molar-refractivity contribution is -0.384. The average Bonchev–Trinajstić information content (AvgIpc) is 2.72. The predicted molar refractivity (Wildman–Crippen MR) is 112 cm³/mol. The number of phenols is 1. The maximum Gasteiger partial charge on any atom is 0.295 e. The highest BCUT2D eigenvalue weighted by Gasteiger charge is 2.25. The third kappa shape index (κ3) is 3.71. The average molecular weight is 441 g/mol. The van der Waals surface area contributed by atoms with Crippen LogP contribution < -0.4 is 5.43 Å². The molecule has 0 fully saturated rings. The van der Waals surface area contributed by atoms with E-state index in [4.69, 9.17) is 0 Å². The molecule has 0 aromatic heterocycles. The Kier molecular flexibility index (Phi) is 4.91. The Balaban J connectivity index is 1.89. The van der Waals surface area contributed by atoms with Crippen molar-refractivity contribution in [2.24, 2.45) is 5.10 Å². The van der Waals surface area contributed by atoms with Crippen molar-refractivity contribution in [1.29, 1.82) is 0 Å². The molecule has 0 unspecified atom stereocenters. The van der Waals surface area contributed by atoms with Gasteiger partial charge >= 0.3 is 0 Å². The van der Waals surface area contributed by atoms with E-state index >= 15 is 0 Å². The van der Waals surface area contributed by atoms with Gasteiger partial charge in [-0.1, -0.05) is 24.3 Å². The van der Waals surface area contributed by atoms with Crippen molar-refractivity contribution in [2.75, 3.05) is 5.43 Å². The highest BCUT2D eigenvalue weighted by molar-refractivity contribution is 7.86. The molecule has 0 saturated heterocycles. The zero-order valence-corrected chi connectivity index (χ0v) is 16.6. The molecule has 10 nitrogen and oxygen atoms in total. The summed E-state index contributed by atoms with van der Waals surface area (Å²) in [5, 5.41) is 25.5. The second-order valence-electron chi connectivity index (χ2n) is 6.88. The number of nitro benzene ring substituents is 1. The zero-order chi connectivity index (χ0) is 22.3. The topological polar surface area (TPSA) is 159 Å². The molecule has 1 aliphatic carbocycles. The summed E-state index contributed by atoms with van der Waals surface area (Å²) in [5.74, 6) is -0.782. The number of carbonyl (C=O) groups excluding carboxylic acids is 1. The third-order valence-corrected chi connectivity index (χ3v) is 5.88. The lowest BCUT2D eigenvalue weighted by Crippen LogP contribution is -2.24. The Labute approximate surface area is 175 Å². The number of nitrogens with one attached hydrogen (secondary N) is 1. The molecule has 3 aromatic rings. The lowest BCUT2D eigenvalue weighted by Gasteiger charge is -2.17. The number of benzene rings is 3. The number of rotatable bonds is 4. The molecule has 0 amide bonds. The first-order valence-electron chi connectivity index (χ1n) is 9.03. The molecule has 4 rings (SSSR count). The molecule has 1 aliphatic rings. The molecule has 11 heteroatoms. The highest BCUT2D eigenvalue weighted by atomic mass is 32.2. The molecule has 0 bridgehead atoms. The van der Waals surface area contributed by atoms with Crippen LogP contribution in [-0.4, -0.2) is 34.5 Å². The highest BCUT2D eigenvalue weighted by Crippen LogP contribution is 2.39. The number of Topliss-reactive ketones (excluding diaryl/α,β-unsaturated/α-hetero) is 1. The number of aromatic hydroxyl groups is 1. The number of nitro groups is 1. The van der Waals surface area contributed by atoms with Gasteiger partial charge in [-0.05, 0) is 18.1 Å². The molecule has 0 radical (unpaired) electrons. The monoisotopic (exact) mass is 441 g/mol. The summed E-state index contributed by atoms with van der Waals surface area (Å²) in [6.45, 7) is 0. The Hall–Kier alpha value is -3.83. The number of hydrogen-bond acceptors (Lipinski definition) is 8. The summed E-state index contributed by atoms with van der Waals surface area (Å²) < 4.78 is 33.0. The van der Waals surface area contributed by atoms with Crippen LogP contribution in [0.15, 0.2) is 58.5 Å². The van der Waals surface area contributed by atoms with Gasteiger partial charge in [0, 0.05) is 41.0 Å². The Morgan fingerprint density at radius 1 is 1.06 bits per heavy atom. The van der Waals surface area contributed by atoms with Crippen LogP contribution >= 0.6 is 0 Å². The molecule has 0 saturated carbocycles. The van der Waals surface area contributed by atoms with E-state index in [-0.39, 0.29) is 34.4 Å². The van der Waals surface area contributed by atoms with E-state index in [9.17, 15) is 33.0 Å². The van der Waals surface area contributed by atoms with E-state index in [2.05, 4.69) is 10.5 Å². The molecule has 0 spiro atoms. The number of ketones is 1. The van der Waals surface area contributed by atoms with Crippen LogP contribution in [0, 0.1) is 10.1 Å². The van der Waals surface area contributed by atoms with E-state index in [1.54, 1.807) is 12.1 Å². The molecule has 3 N–H and O–H groups in total. The van der Waals surface area contributed by atoms with Crippen LogP contribution in [0.1, 0.15) is 17.5 Å². The summed E-state index contributed by atoms with van der Waals surface area (Å²) in [6.07, 6.45) is 0.840. The minimum Gasteiger partial charge on any atom is -0.506 e. The largest absolute Gasteiger partial charge is 0.506 e. The van der Waals surface area contributed by atoms with E-state index in [0.717, 1.165) is 23.8 Å². The van der Waals surface area contributed by atoms with Crippen molar-refractivity contribution < 1.29 is 27.8 Å². The summed E-state index contributed by atoms with van der Waals surface area (Å²) in [5.41, 5.74) is 3.85. The van der Waals surface area contributed by atoms with Gasteiger partial charge in [0.05, 0.1) is 4.92 Å². The Morgan fingerprint density at radius 3 is 2.52 bits per heavy atom. The summed E-state index contributed by atoms with van der Waals surface area (Å²) in [6, 6.07) is 11.3. The van der Waals surface area contributed by atoms with Crippen molar-refractivity contribution in [3.63, 3.8) is 0 Å². The first kappa shape index (κ1) is 20.4. The first-order chi connectivity index (χ1) is 14.7. The minimum atomic E-state index is -4.80. The molecule has 158 valence electrons. The normalized spacial score (nSPS) is 15.1.